The van der Waals surface area contributed by atoms with Crippen molar-refractivity contribution in [3.8, 4) is 11.8 Å². The standard InChI is InChI=1S/C14H6F5NO/c15-11-6-5-10(12(16)13(11)17)14(18,19)21-9-3-1-8(7-20)2-4-9/h1-6H. The lowest BCUT2D eigenvalue weighted by Crippen LogP contribution is -2.24. The summed E-state index contributed by atoms with van der Waals surface area (Å²) in [5.74, 6) is -5.96. The number of nitrogens with zero attached hydrogens (tertiary/aromatic N) is 1. The molecule has 0 aliphatic carbocycles. The lowest BCUT2D eigenvalue weighted by Gasteiger charge is -2.19. The maximum Gasteiger partial charge on any atom is 0.429 e. The van der Waals surface area contributed by atoms with E-state index in [2.05, 4.69) is 4.74 Å². The Morgan fingerprint density at radius 2 is 1.52 bits per heavy atom. The smallest absolute Gasteiger partial charge is 0.429 e. The molecular formula is C14H6F5NO. The lowest BCUT2D eigenvalue weighted by molar-refractivity contribution is -0.187. The molecule has 0 atom stereocenters. The van der Waals surface area contributed by atoms with Crippen molar-refractivity contribution in [2.75, 3.05) is 0 Å². The Morgan fingerprint density at radius 3 is 2.10 bits per heavy atom. The van der Waals surface area contributed by atoms with Crippen LogP contribution in [-0.4, -0.2) is 0 Å². The predicted molar refractivity (Wildman–Crippen MR) is 62.0 cm³/mol. The Hall–Kier alpha value is -2.62. The van der Waals surface area contributed by atoms with Crippen molar-refractivity contribution in [1.82, 2.24) is 0 Å². The van der Waals surface area contributed by atoms with E-state index in [-0.39, 0.29) is 11.3 Å². The molecule has 0 bridgehead atoms. The molecule has 0 saturated heterocycles. The van der Waals surface area contributed by atoms with Crippen LogP contribution in [0.4, 0.5) is 22.0 Å². The Balaban J connectivity index is 2.33. The van der Waals surface area contributed by atoms with Gasteiger partial charge in [0.2, 0.25) is 0 Å². The van der Waals surface area contributed by atoms with Crippen LogP contribution < -0.4 is 4.74 Å². The highest BCUT2D eigenvalue weighted by atomic mass is 19.3. The summed E-state index contributed by atoms with van der Waals surface area (Å²) >= 11 is 0. The molecule has 0 saturated carbocycles. The van der Waals surface area contributed by atoms with Crippen molar-refractivity contribution >= 4 is 0 Å². The van der Waals surface area contributed by atoms with Gasteiger partial charge in [-0.25, -0.2) is 13.2 Å². The van der Waals surface area contributed by atoms with E-state index in [0.29, 0.717) is 12.1 Å². The summed E-state index contributed by atoms with van der Waals surface area (Å²) in [7, 11) is 0. The first-order valence-corrected chi connectivity index (χ1v) is 5.56. The topological polar surface area (TPSA) is 33.0 Å². The molecule has 0 spiro atoms. The first-order valence-electron chi connectivity index (χ1n) is 5.56. The zero-order valence-electron chi connectivity index (χ0n) is 10.2. The zero-order valence-corrected chi connectivity index (χ0v) is 10.2. The summed E-state index contributed by atoms with van der Waals surface area (Å²) in [6, 6.07) is 7.13. The fourth-order valence-electron chi connectivity index (χ4n) is 1.55. The van der Waals surface area contributed by atoms with Crippen LogP contribution in [0.2, 0.25) is 0 Å². The monoisotopic (exact) mass is 299 g/mol. The van der Waals surface area contributed by atoms with Gasteiger partial charge in [0.15, 0.2) is 17.5 Å². The fraction of sp³-hybridized carbons (Fsp3) is 0.0714. The molecule has 0 aliphatic heterocycles. The normalized spacial score (nSPS) is 11.0. The van der Waals surface area contributed by atoms with E-state index in [1.807, 2.05) is 0 Å². The number of hydrogen-bond acceptors (Lipinski definition) is 2. The van der Waals surface area contributed by atoms with Gasteiger partial charge >= 0.3 is 6.11 Å². The molecule has 2 rings (SSSR count). The minimum absolute atomic E-state index is 0.213. The van der Waals surface area contributed by atoms with Gasteiger partial charge in [-0.3, -0.25) is 0 Å². The van der Waals surface area contributed by atoms with E-state index < -0.39 is 29.1 Å². The second-order valence-electron chi connectivity index (χ2n) is 3.98. The molecule has 0 N–H and O–H groups in total. The van der Waals surface area contributed by atoms with E-state index in [9.17, 15) is 22.0 Å². The highest BCUT2D eigenvalue weighted by Crippen LogP contribution is 2.34. The summed E-state index contributed by atoms with van der Waals surface area (Å²) in [6.45, 7) is 0. The second kappa shape index (κ2) is 5.40. The fourth-order valence-corrected chi connectivity index (χ4v) is 1.55. The molecule has 108 valence electrons. The summed E-state index contributed by atoms with van der Waals surface area (Å²) < 4.78 is 70.9. The molecule has 0 unspecified atom stereocenters. The minimum Gasteiger partial charge on any atom is -0.429 e. The molecule has 0 heterocycles. The maximum atomic E-state index is 13.8. The van der Waals surface area contributed by atoms with Crippen LogP contribution in [-0.2, 0) is 6.11 Å². The highest BCUT2D eigenvalue weighted by molar-refractivity contribution is 5.35. The molecule has 0 radical (unpaired) electrons. The van der Waals surface area contributed by atoms with Gasteiger partial charge in [-0.1, -0.05) is 0 Å². The summed E-state index contributed by atoms with van der Waals surface area (Å²) in [4.78, 5) is 0. The Labute approximate surface area is 116 Å². The van der Waals surface area contributed by atoms with Crippen molar-refractivity contribution in [2.45, 2.75) is 6.11 Å². The largest absolute Gasteiger partial charge is 0.429 e. The SMILES string of the molecule is N#Cc1ccc(OC(F)(F)c2ccc(F)c(F)c2F)cc1. The predicted octanol–water partition coefficient (Wildman–Crippen LogP) is 4.10. The number of ether oxygens (including phenoxy) is 1. The van der Waals surface area contributed by atoms with Gasteiger partial charge in [0.25, 0.3) is 0 Å². The van der Waals surface area contributed by atoms with Gasteiger partial charge in [-0.15, -0.1) is 0 Å². The van der Waals surface area contributed by atoms with Crippen molar-refractivity contribution in [1.29, 1.82) is 5.26 Å². The third-order valence-electron chi connectivity index (χ3n) is 2.58. The quantitative estimate of drug-likeness (QED) is 0.631. The lowest BCUT2D eigenvalue weighted by atomic mass is 10.1. The van der Waals surface area contributed by atoms with Crippen molar-refractivity contribution in [2.24, 2.45) is 0 Å². The molecule has 0 aliphatic rings. The van der Waals surface area contributed by atoms with E-state index in [4.69, 9.17) is 5.26 Å². The molecule has 0 amide bonds. The van der Waals surface area contributed by atoms with Gasteiger partial charge in [-0.05, 0) is 36.4 Å². The van der Waals surface area contributed by atoms with Crippen LogP contribution in [0.5, 0.6) is 5.75 Å². The molecule has 2 nitrogen and oxygen atoms in total. The third-order valence-corrected chi connectivity index (χ3v) is 2.58. The maximum absolute atomic E-state index is 13.8. The second-order valence-corrected chi connectivity index (χ2v) is 3.98. The van der Waals surface area contributed by atoms with E-state index in [1.54, 1.807) is 6.07 Å². The van der Waals surface area contributed by atoms with Crippen LogP contribution in [0.3, 0.4) is 0 Å². The van der Waals surface area contributed by atoms with Crippen LogP contribution >= 0.6 is 0 Å². The van der Waals surface area contributed by atoms with E-state index in [0.717, 1.165) is 12.1 Å². The van der Waals surface area contributed by atoms with E-state index >= 15 is 0 Å². The number of alkyl halides is 2. The van der Waals surface area contributed by atoms with E-state index in [1.165, 1.54) is 12.1 Å². The minimum atomic E-state index is -4.20. The van der Waals surface area contributed by atoms with Gasteiger partial charge in [0.1, 0.15) is 11.3 Å². The van der Waals surface area contributed by atoms with Crippen molar-refractivity contribution < 1.29 is 26.7 Å². The molecule has 7 heteroatoms. The molecular weight excluding hydrogens is 293 g/mol. The Kier molecular flexibility index (Phi) is 3.80. The molecule has 2 aromatic carbocycles. The average molecular weight is 299 g/mol. The number of halogens is 5. The first-order chi connectivity index (χ1) is 9.85. The molecule has 0 fully saturated rings. The van der Waals surface area contributed by atoms with Crippen LogP contribution in [0.25, 0.3) is 0 Å². The third kappa shape index (κ3) is 2.94. The van der Waals surface area contributed by atoms with Crippen LogP contribution in [0.1, 0.15) is 11.1 Å². The number of nitriles is 1. The molecule has 0 aromatic heterocycles. The highest BCUT2D eigenvalue weighted by Gasteiger charge is 2.39. The van der Waals surface area contributed by atoms with Gasteiger partial charge in [-0.2, -0.15) is 14.0 Å². The average Bonchev–Trinajstić information content (AvgIpc) is 2.45. The Morgan fingerprint density at radius 1 is 0.905 bits per heavy atom. The molecule has 2 aromatic rings. The van der Waals surface area contributed by atoms with Gasteiger partial charge in [0.05, 0.1) is 11.6 Å². The van der Waals surface area contributed by atoms with Crippen molar-refractivity contribution in [3.05, 3.63) is 65.0 Å². The van der Waals surface area contributed by atoms with Crippen molar-refractivity contribution in [3.63, 3.8) is 0 Å². The number of hydrogen-bond donors (Lipinski definition) is 0. The first kappa shape index (κ1) is 14.8. The summed E-state index contributed by atoms with van der Waals surface area (Å²) in [5.41, 5.74) is -1.21. The zero-order chi connectivity index (χ0) is 15.6. The summed E-state index contributed by atoms with van der Waals surface area (Å²) in [6.07, 6.45) is -4.20. The Bertz CT molecular complexity index is 707. The number of rotatable bonds is 3. The summed E-state index contributed by atoms with van der Waals surface area (Å²) in [5, 5.41) is 8.57. The molecule has 21 heavy (non-hydrogen) atoms. The number of benzene rings is 2. The van der Waals surface area contributed by atoms with Crippen LogP contribution in [0, 0.1) is 28.8 Å². The van der Waals surface area contributed by atoms with Gasteiger partial charge < -0.3 is 4.74 Å². The van der Waals surface area contributed by atoms with Crippen LogP contribution in [0.15, 0.2) is 36.4 Å². The van der Waals surface area contributed by atoms with Gasteiger partial charge in [0, 0.05) is 0 Å².